The van der Waals surface area contributed by atoms with Crippen LogP contribution in [-0.4, -0.2) is 34.2 Å². The smallest absolute Gasteiger partial charge is 0.229 e. The maximum atomic E-state index is 6.31. The van der Waals surface area contributed by atoms with Crippen LogP contribution in [0.2, 0.25) is 0 Å². The number of aromatic nitrogens is 2. The Morgan fingerprint density at radius 2 is 1.95 bits per heavy atom. The second-order valence-electron chi connectivity index (χ2n) is 6.20. The van der Waals surface area contributed by atoms with Gasteiger partial charge in [0.15, 0.2) is 5.82 Å². The summed E-state index contributed by atoms with van der Waals surface area (Å²) in [5.41, 5.74) is 7.63. The van der Waals surface area contributed by atoms with Crippen LogP contribution in [0.25, 0.3) is 0 Å². The molecule has 2 aliphatic rings. The molecule has 0 amide bonds. The van der Waals surface area contributed by atoms with Gasteiger partial charge in [-0.2, -0.15) is 4.98 Å². The summed E-state index contributed by atoms with van der Waals surface area (Å²) < 4.78 is 5.32. The molecule has 4 rings (SSSR count). The Morgan fingerprint density at radius 3 is 2.68 bits per heavy atom. The molecule has 1 saturated carbocycles. The van der Waals surface area contributed by atoms with Crippen LogP contribution in [0, 0.1) is 0 Å². The van der Waals surface area contributed by atoms with E-state index in [-0.39, 0.29) is 18.4 Å². The standard InChI is InChI=1S/C16H20N4O.ClH/c17-14-9-20(8-13(14)11-4-2-1-3-5-11)10-15-18-16(21-19-15)12-6-7-12;/h1-5,12-14H,6-10,17H2;1H/t13-,14+;/m0./s1. The first-order chi connectivity index (χ1) is 10.3. The molecule has 5 nitrogen and oxygen atoms in total. The molecule has 2 N–H and O–H groups in total. The van der Waals surface area contributed by atoms with E-state index in [4.69, 9.17) is 10.3 Å². The highest BCUT2D eigenvalue weighted by molar-refractivity contribution is 5.85. The van der Waals surface area contributed by atoms with Gasteiger partial charge in [0.2, 0.25) is 5.89 Å². The van der Waals surface area contributed by atoms with Crippen molar-refractivity contribution in [2.75, 3.05) is 13.1 Å². The van der Waals surface area contributed by atoms with Crippen molar-refractivity contribution in [3.63, 3.8) is 0 Å². The Balaban J connectivity index is 0.00000144. The van der Waals surface area contributed by atoms with Crippen molar-refractivity contribution in [1.82, 2.24) is 15.0 Å². The second-order valence-corrected chi connectivity index (χ2v) is 6.20. The number of nitrogens with two attached hydrogens (primary N) is 1. The van der Waals surface area contributed by atoms with Crippen LogP contribution in [0.5, 0.6) is 0 Å². The van der Waals surface area contributed by atoms with Crippen LogP contribution in [-0.2, 0) is 6.54 Å². The summed E-state index contributed by atoms with van der Waals surface area (Å²) in [6, 6.07) is 10.7. The van der Waals surface area contributed by atoms with Crippen LogP contribution in [0.1, 0.15) is 42.0 Å². The van der Waals surface area contributed by atoms with Crippen LogP contribution in [0.4, 0.5) is 0 Å². The first kappa shape index (κ1) is 15.5. The third-order valence-corrected chi connectivity index (χ3v) is 4.44. The zero-order valence-corrected chi connectivity index (χ0v) is 13.2. The number of hydrogen-bond acceptors (Lipinski definition) is 5. The van der Waals surface area contributed by atoms with Crippen LogP contribution < -0.4 is 5.73 Å². The minimum atomic E-state index is 0. The van der Waals surface area contributed by atoms with Gasteiger partial charge in [-0.05, 0) is 18.4 Å². The van der Waals surface area contributed by atoms with Crippen molar-refractivity contribution < 1.29 is 4.52 Å². The van der Waals surface area contributed by atoms with Crippen molar-refractivity contribution in [3.05, 3.63) is 47.6 Å². The van der Waals surface area contributed by atoms with Gasteiger partial charge in [0.05, 0.1) is 6.54 Å². The fourth-order valence-corrected chi connectivity index (χ4v) is 3.12. The lowest BCUT2D eigenvalue weighted by Gasteiger charge is -2.14. The van der Waals surface area contributed by atoms with Crippen LogP contribution in [0.3, 0.4) is 0 Å². The first-order valence-corrected chi connectivity index (χ1v) is 7.65. The Hall–Kier alpha value is -1.43. The molecule has 1 aromatic heterocycles. The molecule has 1 aromatic carbocycles. The van der Waals surface area contributed by atoms with Gasteiger partial charge in [-0.1, -0.05) is 35.5 Å². The van der Waals surface area contributed by atoms with Crippen molar-refractivity contribution in [1.29, 1.82) is 0 Å². The van der Waals surface area contributed by atoms with Crippen molar-refractivity contribution >= 4 is 12.4 Å². The van der Waals surface area contributed by atoms with E-state index in [1.807, 2.05) is 6.07 Å². The van der Waals surface area contributed by atoms with E-state index in [0.29, 0.717) is 11.8 Å². The molecule has 0 radical (unpaired) electrons. The predicted molar refractivity (Wildman–Crippen MR) is 86.0 cm³/mol. The summed E-state index contributed by atoms with van der Waals surface area (Å²) in [4.78, 5) is 6.82. The average Bonchev–Trinajstić information content (AvgIpc) is 3.15. The molecule has 6 heteroatoms. The minimum Gasteiger partial charge on any atom is -0.339 e. The van der Waals surface area contributed by atoms with E-state index >= 15 is 0 Å². The highest BCUT2D eigenvalue weighted by atomic mass is 35.5. The molecule has 2 aromatic rings. The van der Waals surface area contributed by atoms with Gasteiger partial charge in [0.1, 0.15) is 0 Å². The second kappa shape index (κ2) is 6.36. The van der Waals surface area contributed by atoms with Gasteiger partial charge in [-0.15, -0.1) is 12.4 Å². The Kier molecular flexibility index (Phi) is 4.47. The van der Waals surface area contributed by atoms with Crippen LogP contribution >= 0.6 is 12.4 Å². The van der Waals surface area contributed by atoms with E-state index in [0.717, 1.165) is 31.3 Å². The van der Waals surface area contributed by atoms with E-state index in [2.05, 4.69) is 39.3 Å². The molecule has 118 valence electrons. The van der Waals surface area contributed by atoms with Gasteiger partial charge in [0, 0.05) is 31.0 Å². The lowest BCUT2D eigenvalue weighted by Crippen LogP contribution is -2.28. The van der Waals surface area contributed by atoms with Crippen molar-refractivity contribution in [2.45, 2.75) is 37.3 Å². The number of rotatable bonds is 4. The average molecular weight is 321 g/mol. The summed E-state index contributed by atoms with van der Waals surface area (Å²) in [6.45, 7) is 2.57. The molecule has 22 heavy (non-hydrogen) atoms. The fourth-order valence-electron chi connectivity index (χ4n) is 3.12. The number of hydrogen-bond donors (Lipinski definition) is 1. The zero-order valence-electron chi connectivity index (χ0n) is 12.4. The normalized spacial score (nSPS) is 25.1. The number of halogens is 1. The first-order valence-electron chi connectivity index (χ1n) is 7.65. The number of benzene rings is 1. The van der Waals surface area contributed by atoms with Gasteiger partial charge < -0.3 is 10.3 Å². The monoisotopic (exact) mass is 320 g/mol. The maximum absolute atomic E-state index is 6.31. The topological polar surface area (TPSA) is 68.2 Å². The Labute approximate surface area is 136 Å². The molecule has 2 fully saturated rings. The van der Waals surface area contributed by atoms with Gasteiger partial charge in [-0.3, -0.25) is 4.90 Å². The van der Waals surface area contributed by atoms with Crippen molar-refractivity contribution in [2.24, 2.45) is 5.73 Å². The quantitative estimate of drug-likeness (QED) is 0.936. The molecular weight excluding hydrogens is 300 g/mol. The number of likely N-dealkylation sites (tertiary alicyclic amines) is 1. The Morgan fingerprint density at radius 1 is 1.18 bits per heavy atom. The van der Waals surface area contributed by atoms with E-state index in [1.54, 1.807) is 0 Å². The van der Waals surface area contributed by atoms with Crippen molar-refractivity contribution in [3.8, 4) is 0 Å². The summed E-state index contributed by atoms with van der Waals surface area (Å²) in [5.74, 6) is 2.51. The number of nitrogens with zero attached hydrogens (tertiary/aromatic N) is 3. The molecule has 2 heterocycles. The highest BCUT2D eigenvalue weighted by Gasteiger charge is 2.33. The summed E-state index contributed by atoms with van der Waals surface area (Å²) in [5, 5.41) is 4.10. The zero-order chi connectivity index (χ0) is 14.2. The largest absolute Gasteiger partial charge is 0.339 e. The maximum Gasteiger partial charge on any atom is 0.229 e. The van der Waals surface area contributed by atoms with Gasteiger partial charge in [-0.25, -0.2) is 0 Å². The third kappa shape index (κ3) is 3.16. The van der Waals surface area contributed by atoms with E-state index < -0.39 is 0 Å². The van der Waals surface area contributed by atoms with E-state index in [1.165, 1.54) is 18.4 Å². The van der Waals surface area contributed by atoms with Gasteiger partial charge >= 0.3 is 0 Å². The van der Waals surface area contributed by atoms with E-state index in [9.17, 15) is 0 Å². The SMILES string of the molecule is Cl.N[C@@H]1CN(Cc2noc(C3CC3)n2)C[C@H]1c1ccccc1. The highest BCUT2D eigenvalue weighted by Crippen LogP contribution is 2.39. The molecule has 0 bridgehead atoms. The lowest BCUT2D eigenvalue weighted by molar-refractivity contribution is 0.303. The molecule has 0 spiro atoms. The molecule has 1 aliphatic heterocycles. The molecule has 0 unspecified atom stereocenters. The molecule has 2 atom stereocenters. The molecular formula is C16H21ClN4O. The molecule has 1 saturated heterocycles. The summed E-state index contributed by atoms with van der Waals surface area (Å²) in [7, 11) is 0. The third-order valence-electron chi connectivity index (χ3n) is 4.44. The minimum absolute atomic E-state index is 0. The fraction of sp³-hybridized carbons (Fsp3) is 0.500. The van der Waals surface area contributed by atoms with Gasteiger partial charge in [0.25, 0.3) is 0 Å². The predicted octanol–water partition coefficient (Wildman–Crippen LogP) is 2.30. The summed E-state index contributed by atoms with van der Waals surface area (Å²) >= 11 is 0. The lowest BCUT2D eigenvalue weighted by atomic mass is 9.95. The molecule has 1 aliphatic carbocycles. The Bertz CT molecular complexity index is 614. The van der Waals surface area contributed by atoms with Crippen LogP contribution in [0.15, 0.2) is 34.9 Å². The summed E-state index contributed by atoms with van der Waals surface area (Å²) in [6.07, 6.45) is 2.37.